The second-order valence-electron chi connectivity index (χ2n) is 8.40. The van der Waals surface area contributed by atoms with Gasteiger partial charge < -0.3 is 20.1 Å². The molecule has 0 atom stereocenters. The van der Waals surface area contributed by atoms with Gasteiger partial charge in [-0.3, -0.25) is 4.99 Å². The summed E-state index contributed by atoms with van der Waals surface area (Å²) in [6, 6.07) is 0. The van der Waals surface area contributed by atoms with Gasteiger partial charge in [-0.05, 0) is 64.1 Å². The number of nitrogens with one attached hydrogen (secondary N) is 2. The molecule has 0 amide bonds. The summed E-state index contributed by atoms with van der Waals surface area (Å²) in [4.78, 5) is 6.94. The Balaban J connectivity index is 0.00000300. The van der Waals surface area contributed by atoms with Crippen LogP contribution in [0.25, 0.3) is 0 Å². The number of hydrogen-bond acceptors (Lipinski definition) is 4. The largest absolute Gasteiger partial charge is 0.356 e. The van der Waals surface area contributed by atoms with E-state index in [1.807, 2.05) is 7.05 Å². The van der Waals surface area contributed by atoms with Crippen molar-refractivity contribution in [3.63, 3.8) is 0 Å². The molecule has 0 aliphatic carbocycles. The SMILES string of the molecule is CN=C(NCCCc1nnc2n1CCCCC2)NCCCN1CCC(C)CC1.I. The summed E-state index contributed by atoms with van der Waals surface area (Å²) < 4.78 is 2.35. The van der Waals surface area contributed by atoms with Crippen LogP contribution in [0.2, 0.25) is 0 Å². The van der Waals surface area contributed by atoms with E-state index in [1.165, 1.54) is 64.0 Å². The number of piperidine rings is 1. The third kappa shape index (κ3) is 8.03. The molecule has 1 aromatic rings. The van der Waals surface area contributed by atoms with Crippen LogP contribution in [0.15, 0.2) is 4.99 Å². The standard InChI is InChI=1S/C21H39N7.HI/c1-18-10-16-27(17-11-18)14-7-13-24-21(22-2)23-12-6-9-20-26-25-19-8-4-3-5-15-28(19)20;/h18H,3-17H2,1-2H3,(H2,22,23,24);1H. The monoisotopic (exact) mass is 517 g/mol. The number of halogens is 1. The van der Waals surface area contributed by atoms with Gasteiger partial charge in [-0.2, -0.15) is 0 Å². The summed E-state index contributed by atoms with van der Waals surface area (Å²) in [5.41, 5.74) is 0. The van der Waals surface area contributed by atoms with E-state index in [1.54, 1.807) is 0 Å². The van der Waals surface area contributed by atoms with E-state index in [2.05, 4.69) is 42.2 Å². The zero-order chi connectivity index (χ0) is 19.6. The van der Waals surface area contributed by atoms with Crippen molar-refractivity contribution in [1.82, 2.24) is 30.3 Å². The molecule has 2 aliphatic rings. The highest BCUT2D eigenvalue weighted by Crippen LogP contribution is 2.16. The molecule has 0 bridgehead atoms. The third-order valence-electron chi connectivity index (χ3n) is 6.10. The first kappa shape index (κ1) is 24.4. The highest BCUT2D eigenvalue weighted by molar-refractivity contribution is 14.0. The van der Waals surface area contributed by atoms with Crippen molar-refractivity contribution in [1.29, 1.82) is 0 Å². The second-order valence-corrected chi connectivity index (χ2v) is 8.40. The van der Waals surface area contributed by atoms with Crippen LogP contribution in [-0.2, 0) is 19.4 Å². The molecule has 1 fully saturated rings. The smallest absolute Gasteiger partial charge is 0.190 e. The van der Waals surface area contributed by atoms with Crippen LogP contribution in [0.3, 0.4) is 0 Å². The first-order valence-corrected chi connectivity index (χ1v) is 11.3. The molecule has 0 radical (unpaired) electrons. The fourth-order valence-electron chi connectivity index (χ4n) is 4.20. The van der Waals surface area contributed by atoms with Gasteiger partial charge in [0.05, 0.1) is 0 Å². The average Bonchev–Trinajstić information content (AvgIpc) is 2.94. The van der Waals surface area contributed by atoms with Crippen LogP contribution >= 0.6 is 24.0 Å². The van der Waals surface area contributed by atoms with Crippen LogP contribution in [0.1, 0.15) is 63.5 Å². The van der Waals surface area contributed by atoms with E-state index in [9.17, 15) is 0 Å². The van der Waals surface area contributed by atoms with E-state index < -0.39 is 0 Å². The van der Waals surface area contributed by atoms with E-state index >= 15 is 0 Å². The molecule has 3 rings (SSSR count). The quantitative estimate of drug-likeness (QED) is 0.240. The summed E-state index contributed by atoms with van der Waals surface area (Å²) in [5.74, 6) is 4.15. The minimum atomic E-state index is 0. The number of fused-ring (bicyclic) bond motifs is 1. The topological polar surface area (TPSA) is 70.4 Å². The maximum atomic E-state index is 4.42. The molecule has 0 unspecified atom stereocenters. The van der Waals surface area contributed by atoms with Gasteiger partial charge in [0, 0.05) is 39.5 Å². The molecule has 1 aromatic heterocycles. The van der Waals surface area contributed by atoms with Crippen molar-refractivity contribution in [3.8, 4) is 0 Å². The molecule has 0 aromatic carbocycles. The van der Waals surface area contributed by atoms with Crippen molar-refractivity contribution >= 4 is 29.9 Å². The Bertz CT molecular complexity index is 608. The highest BCUT2D eigenvalue weighted by Gasteiger charge is 2.15. The number of aryl methyl sites for hydroxylation is 2. The molecule has 2 N–H and O–H groups in total. The number of rotatable bonds is 8. The van der Waals surface area contributed by atoms with Gasteiger partial charge in [0.2, 0.25) is 0 Å². The Hall–Kier alpha value is -0.900. The van der Waals surface area contributed by atoms with Gasteiger partial charge in [0.25, 0.3) is 0 Å². The van der Waals surface area contributed by atoms with Gasteiger partial charge in [-0.1, -0.05) is 13.3 Å². The first-order valence-electron chi connectivity index (χ1n) is 11.3. The Labute approximate surface area is 193 Å². The van der Waals surface area contributed by atoms with Crippen LogP contribution < -0.4 is 10.6 Å². The Morgan fingerprint density at radius 3 is 2.55 bits per heavy atom. The second kappa shape index (κ2) is 13.4. The molecule has 29 heavy (non-hydrogen) atoms. The molecule has 2 aliphatic heterocycles. The van der Waals surface area contributed by atoms with Gasteiger partial charge in [-0.25, -0.2) is 0 Å². The zero-order valence-electron chi connectivity index (χ0n) is 18.3. The Kier molecular flexibility index (Phi) is 11.3. The predicted octanol–water partition coefficient (Wildman–Crippen LogP) is 2.84. The van der Waals surface area contributed by atoms with Gasteiger partial charge in [0.1, 0.15) is 11.6 Å². The molecule has 1 saturated heterocycles. The van der Waals surface area contributed by atoms with E-state index in [0.29, 0.717) is 0 Å². The number of aromatic nitrogens is 3. The Morgan fingerprint density at radius 2 is 1.79 bits per heavy atom. The maximum absolute atomic E-state index is 4.42. The number of guanidine groups is 1. The van der Waals surface area contributed by atoms with Gasteiger partial charge in [-0.15, -0.1) is 34.2 Å². The van der Waals surface area contributed by atoms with Gasteiger partial charge in [0.15, 0.2) is 5.96 Å². The van der Waals surface area contributed by atoms with Crippen LogP contribution in [0.5, 0.6) is 0 Å². The van der Waals surface area contributed by atoms with Crippen molar-refractivity contribution < 1.29 is 0 Å². The molecule has 0 saturated carbocycles. The lowest BCUT2D eigenvalue weighted by Gasteiger charge is -2.30. The fourth-order valence-corrected chi connectivity index (χ4v) is 4.20. The third-order valence-corrected chi connectivity index (χ3v) is 6.10. The summed E-state index contributed by atoms with van der Waals surface area (Å²) in [5, 5.41) is 15.7. The predicted molar refractivity (Wildman–Crippen MR) is 130 cm³/mol. The molecular formula is C21H40IN7. The number of likely N-dealkylation sites (tertiary alicyclic amines) is 1. The molecule has 3 heterocycles. The lowest BCUT2D eigenvalue weighted by Crippen LogP contribution is -2.40. The summed E-state index contributed by atoms with van der Waals surface area (Å²) >= 11 is 0. The summed E-state index contributed by atoms with van der Waals surface area (Å²) in [6.07, 6.45) is 10.8. The zero-order valence-corrected chi connectivity index (χ0v) is 20.7. The summed E-state index contributed by atoms with van der Waals surface area (Å²) in [7, 11) is 1.85. The number of nitrogens with zero attached hydrogens (tertiary/aromatic N) is 5. The molecule has 166 valence electrons. The average molecular weight is 518 g/mol. The van der Waals surface area contributed by atoms with Crippen molar-refractivity contribution in [2.45, 2.75) is 71.3 Å². The number of aliphatic imine (C=N–C) groups is 1. The van der Waals surface area contributed by atoms with E-state index in [0.717, 1.165) is 56.6 Å². The minimum Gasteiger partial charge on any atom is -0.356 e. The fraction of sp³-hybridized carbons (Fsp3) is 0.857. The molecule has 7 nitrogen and oxygen atoms in total. The van der Waals surface area contributed by atoms with Crippen molar-refractivity contribution in [2.75, 3.05) is 39.8 Å². The molecular weight excluding hydrogens is 477 g/mol. The Morgan fingerprint density at radius 1 is 1.03 bits per heavy atom. The van der Waals surface area contributed by atoms with E-state index in [4.69, 9.17) is 0 Å². The molecule has 0 spiro atoms. The molecule has 8 heteroatoms. The van der Waals surface area contributed by atoms with Crippen LogP contribution in [-0.4, -0.2) is 65.4 Å². The van der Waals surface area contributed by atoms with Crippen molar-refractivity contribution in [3.05, 3.63) is 11.6 Å². The minimum absolute atomic E-state index is 0. The van der Waals surface area contributed by atoms with E-state index in [-0.39, 0.29) is 24.0 Å². The van der Waals surface area contributed by atoms with Crippen LogP contribution in [0.4, 0.5) is 0 Å². The number of hydrogen-bond donors (Lipinski definition) is 2. The van der Waals surface area contributed by atoms with Crippen LogP contribution in [0, 0.1) is 5.92 Å². The normalized spacial score (nSPS) is 18.6. The van der Waals surface area contributed by atoms with Gasteiger partial charge >= 0.3 is 0 Å². The lowest BCUT2D eigenvalue weighted by atomic mass is 9.99. The first-order chi connectivity index (χ1) is 13.8. The highest BCUT2D eigenvalue weighted by atomic mass is 127. The van der Waals surface area contributed by atoms with Crippen molar-refractivity contribution in [2.24, 2.45) is 10.9 Å². The maximum Gasteiger partial charge on any atom is 0.190 e. The lowest BCUT2D eigenvalue weighted by molar-refractivity contribution is 0.191. The summed E-state index contributed by atoms with van der Waals surface area (Å²) in [6.45, 7) is 9.06.